The molecule has 0 amide bonds. The fourth-order valence-corrected chi connectivity index (χ4v) is 6.37. The van der Waals surface area contributed by atoms with Crippen molar-refractivity contribution in [3.05, 3.63) is 76.9 Å². The molecule has 2 heterocycles. The minimum Gasteiger partial charge on any atom is -0.379 e. The fourth-order valence-electron chi connectivity index (χ4n) is 6.37. The highest BCUT2D eigenvalue weighted by Gasteiger charge is 2.40. The molecule has 2 nitrogen and oxygen atoms in total. The van der Waals surface area contributed by atoms with E-state index in [4.69, 9.17) is 4.99 Å². The maximum atomic E-state index is 5.44. The highest BCUT2D eigenvalue weighted by molar-refractivity contribution is 6.14. The van der Waals surface area contributed by atoms with Crippen molar-refractivity contribution in [2.24, 2.45) is 4.99 Å². The summed E-state index contributed by atoms with van der Waals surface area (Å²) in [5.74, 6) is 0. The van der Waals surface area contributed by atoms with E-state index in [-0.39, 0.29) is 11.1 Å². The van der Waals surface area contributed by atoms with Crippen LogP contribution in [0, 0.1) is 0 Å². The number of fused-ring (bicyclic) bond motifs is 2. The molecule has 4 aliphatic rings. The van der Waals surface area contributed by atoms with Crippen LogP contribution in [0.1, 0.15) is 73.6 Å². The smallest absolute Gasteiger partial charge is 0.0677 e. The van der Waals surface area contributed by atoms with Crippen molar-refractivity contribution in [1.82, 2.24) is 5.32 Å². The van der Waals surface area contributed by atoms with Gasteiger partial charge < -0.3 is 5.32 Å². The van der Waals surface area contributed by atoms with Gasteiger partial charge in [0.25, 0.3) is 0 Å². The summed E-state index contributed by atoms with van der Waals surface area (Å²) < 4.78 is 0. The minimum absolute atomic E-state index is 0.139. The molecule has 2 aliphatic heterocycles. The third-order valence-electron chi connectivity index (χ3n) is 7.78. The fraction of sp³-hybridized carbons (Fsp3) is 0.444. The molecule has 2 spiro atoms. The molecule has 0 unspecified atom stereocenters. The van der Waals surface area contributed by atoms with Gasteiger partial charge >= 0.3 is 0 Å². The summed E-state index contributed by atoms with van der Waals surface area (Å²) in [7, 11) is 0. The lowest BCUT2D eigenvalue weighted by molar-refractivity contribution is 0.370. The number of rotatable bonds is 1. The van der Waals surface area contributed by atoms with Crippen molar-refractivity contribution >= 4 is 11.4 Å². The van der Waals surface area contributed by atoms with Gasteiger partial charge in [-0.1, -0.05) is 74.2 Å². The van der Waals surface area contributed by atoms with E-state index in [0.717, 1.165) is 12.8 Å². The zero-order chi connectivity index (χ0) is 19.3. The lowest BCUT2D eigenvalue weighted by Crippen LogP contribution is -2.47. The third-order valence-corrected chi connectivity index (χ3v) is 7.78. The predicted octanol–water partition coefficient (Wildman–Crippen LogP) is 5.84. The maximum absolute atomic E-state index is 5.44. The van der Waals surface area contributed by atoms with Crippen molar-refractivity contribution < 1.29 is 0 Å². The molecule has 2 fully saturated rings. The molecule has 2 saturated carbocycles. The topological polar surface area (TPSA) is 24.4 Å². The monoisotopic (exact) mass is 382 g/mol. The Balaban J connectivity index is 1.49. The molecule has 2 heteroatoms. The zero-order valence-corrected chi connectivity index (χ0v) is 17.2. The van der Waals surface area contributed by atoms with Crippen LogP contribution in [0.25, 0.3) is 5.70 Å². The second-order valence-electron chi connectivity index (χ2n) is 9.77. The molecule has 2 aliphatic carbocycles. The predicted molar refractivity (Wildman–Crippen MR) is 120 cm³/mol. The Labute approximate surface area is 174 Å². The lowest BCUT2D eigenvalue weighted by atomic mass is 9.80. The number of nitrogens with zero attached hydrogens (tertiary/aromatic N) is 1. The molecule has 0 radical (unpaired) electrons. The molecule has 0 atom stereocenters. The highest BCUT2D eigenvalue weighted by atomic mass is 15.0. The average molecular weight is 383 g/mol. The van der Waals surface area contributed by atoms with Crippen LogP contribution in [0.15, 0.2) is 59.6 Å². The number of aliphatic imine (C=N–C) groups is 1. The Morgan fingerprint density at radius 1 is 0.724 bits per heavy atom. The van der Waals surface area contributed by atoms with Crippen molar-refractivity contribution in [3.63, 3.8) is 0 Å². The largest absolute Gasteiger partial charge is 0.379 e. The Kier molecular flexibility index (Phi) is 3.97. The molecule has 0 aromatic heterocycles. The van der Waals surface area contributed by atoms with Crippen molar-refractivity contribution in [3.8, 4) is 0 Å². The summed E-state index contributed by atoms with van der Waals surface area (Å²) in [5, 5.41) is 4.02. The Morgan fingerprint density at radius 3 is 2.10 bits per heavy atom. The Bertz CT molecular complexity index is 1000. The number of nitrogens with one attached hydrogen (secondary N) is 1. The van der Waals surface area contributed by atoms with E-state index < -0.39 is 0 Å². The van der Waals surface area contributed by atoms with Crippen LogP contribution in [-0.4, -0.2) is 16.8 Å². The van der Waals surface area contributed by atoms with E-state index in [2.05, 4.69) is 59.9 Å². The zero-order valence-electron chi connectivity index (χ0n) is 17.2. The van der Waals surface area contributed by atoms with E-state index in [9.17, 15) is 0 Å². The molecule has 2 aromatic rings. The first-order valence-electron chi connectivity index (χ1n) is 11.5. The van der Waals surface area contributed by atoms with Gasteiger partial charge in [0.15, 0.2) is 0 Å². The average Bonchev–Trinajstić information content (AvgIpc) is 3.38. The normalized spacial score (nSPS) is 25.0. The highest BCUT2D eigenvalue weighted by Crippen LogP contribution is 2.42. The molecule has 6 rings (SSSR count). The molecule has 1 N–H and O–H groups in total. The van der Waals surface area contributed by atoms with Crippen molar-refractivity contribution in [2.75, 3.05) is 0 Å². The molecule has 0 saturated heterocycles. The second kappa shape index (κ2) is 6.58. The Morgan fingerprint density at radius 2 is 1.34 bits per heavy atom. The first-order valence-corrected chi connectivity index (χ1v) is 11.5. The SMILES string of the molecule is C(=C1NC2(CCCC2)Cc2ccccc21)C1=NC2(CCCC2)Cc2ccccc21. The van der Waals surface area contributed by atoms with Crippen LogP contribution in [0.4, 0.5) is 0 Å². The summed E-state index contributed by atoms with van der Waals surface area (Å²) in [6.45, 7) is 0. The van der Waals surface area contributed by atoms with E-state index in [1.165, 1.54) is 85.0 Å². The lowest BCUT2D eigenvalue weighted by Gasteiger charge is -2.39. The molecule has 148 valence electrons. The first kappa shape index (κ1) is 17.5. The number of hydrogen-bond acceptors (Lipinski definition) is 2. The summed E-state index contributed by atoms with van der Waals surface area (Å²) in [6.07, 6.45) is 15.0. The maximum Gasteiger partial charge on any atom is 0.0677 e. The van der Waals surface area contributed by atoms with Crippen LogP contribution in [0.2, 0.25) is 0 Å². The summed E-state index contributed by atoms with van der Waals surface area (Å²) in [5.41, 5.74) is 8.56. The van der Waals surface area contributed by atoms with Crippen LogP contribution >= 0.6 is 0 Å². The van der Waals surface area contributed by atoms with Gasteiger partial charge in [-0.2, -0.15) is 0 Å². The standard InChI is InChI=1S/C27H30N2/c1-3-11-22-20(9-1)18-26(13-5-6-14-26)28-24(22)17-25-23-12-4-2-10-21(23)19-27(29-25)15-7-8-16-27/h1-4,9-12,17,28H,5-8,13-16,18-19H2. The van der Waals surface area contributed by atoms with Crippen molar-refractivity contribution in [1.29, 1.82) is 0 Å². The van der Waals surface area contributed by atoms with Gasteiger partial charge in [-0.25, -0.2) is 0 Å². The van der Waals surface area contributed by atoms with Crippen LogP contribution in [0.3, 0.4) is 0 Å². The number of hydrogen-bond donors (Lipinski definition) is 1. The van der Waals surface area contributed by atoms with Crippen molar-refractivity contribution in [2.45, 2.75) is 75.3 Å². The molecule has 0 bridgehead atoms. The van der Waals surface area contributed by atoms with Gasteiger partial charge in [0.05, 0.1) is 11.3 Å². The van der Waals surface area contributed by atoms with Gasteiger partial charge in [0.1, 0.15) is 0 Å². The van der Waals surface area contributed by atoms with E-state index in [1.807, 2.05) is 0 Å². The quantitative estimate of drug-likeness (QED) is 0.658. The number of allylic oxidation sites excluding steroid dienone is 1. The van der Waals surface area contributed by atoms with Crippen LogP contribution < -0.4 is 5.32 Å². The van der Waals surface area contributed by atoms with Gasteiger partial charge in [-0.05, 0) is 55.7 Å². The van der Waals surface area contributed by atoms with Gasteiger partial charge in [-0.15, -0.1) is 0 Å². The summed E-state index contributed by atoms with van der Waals surface area (Å²) in [6, 6.07) is 18.0. The van der Waals surface area contributed by atoms with E-state index >= 15 is 0 Å². The van der Waals surface area contributed by atoms with E-state index in [1.54, 1.807) is 0 Å². The number of benzene rings is 2. The van der Waals surface area contributed by atoms with Crippen LogP contribution in [0.5, 0.6) is 0 Å². The molecular formula is C27H30N2. The van der Waals surface area contributed by atoms with Gasteiger partial charge in [0.2, 0.25) is 0 Å². The summed E-state index contributed by atoms with van der Waals surface area (Å²) in [4.78, 5) is 5.44. The minimum atomic E-state index is 0.139. The van der Waals surface area contributed by atoms with Gasteiger partial charge in [-0.3, -0.25) is 4.99 Å². The molecule has 2 aromatic carbocycles. The molecular weight excluding hydrogens is 352 g/mol. The third kappa shape index (κ3) is 2.96. The summed E-state index contributed by atoms with van der Waals surface area (Å²) >= 11 is 0. The Hall–Kier alpha value is -2.35. The van der Waals surface area contributed by atoms with E-state index in [0.29, 0.717) is 0 Å². The second-order valence-corrected chi connectivity index (χ2v) is 9.77. The van der Waals surface area contributed by atoms with Crippen LogP contribution in [-0.2, 0) is 12.8 Å². The first-order chi connectivity index (χ1) is 14.2. The van der Waals surface area contributed by atoms with Gasteiger partial charge in [0, 0.05) is 22.4 Å². The molecule has 29 heavy (non-hydrogen) atoms.